The van der Waals surface area contributed by atoms with Gasteiger partial charge in [-0.3, -0.25) is 0 Å². The van der Waals surface area contributed by atoms with Gasteiger partial charge in [-0.15, -0.1) is 0 Å². The first-order valence-corrected chi connectivity index (χ1v) is 6.09. The number of nitrogens with one attached hydrogen (secondary N) is 1. The number of methoxy groups -OCH3 is 1. The van der Waals surface area contributed by atoms with Gasteiger partial charge in [-0.05, 0) is 30.5 Å². The normalized spacial score (nSPS) is 10.6. The lowest BCUT2D eigenvalue weighted by molar-refractivity contribution is 0.211. The van der Waals surface area contributed by atoms with E-state index < -0.39 is 0 Å². The van der Waals surface area contributed by atoms with Crippen LogP contribution >= 0.6 is 0 Å². The Morgan fingerprint density at radius 1 is 1.28 bits per heavy atom. The third-order valence-electron chi connectivity index (χ3n) is 2.65. The van der Waals surface area contributed by atoms with E-state index in [2.05, 4.69) is 22.4 Å². The quantitative estimate of drug-likeness (QED) is 0.796. The molecule has 0 spiro atoms. The van der Waals surface area contributed by atoms with Crippen molar-refractivity contribution in [1.29, 1.82) is 0 Å². The average molecular weight is 246 g/mol. The van der Waals surface area contributed by atoms with Gasteiger partial charge in [0.25, 0.3) is 0 Å². The second-order valence-corrected chi connectivity index (χ2v) is 3.90. The van der Waals surface area contributed by atoms with Crippen LogP contribution in [0.2, 0.25) is 0 Å². The Kier molecular flexibility index (Phi) is 4.36. The number of fused-ring (bicyclic) bond motifs is 1. The third-order valence-corrected chi connectivity index (χ3v) is 2.65. The summed E-state index contributed by atoms with van der Waals surface area (Å²) in [5, 5.41) is 5.46. The standard InChI is InChI=1S/C14H18N2O2/c1-3-18-14-13-10-12(15-8-9-17-2)5-4-11(13)6-7-16-14/h4-7,10,15H,3,8-9H2,1-2H3. The second-order valence-electron chi connectivity index (χ2n) is 3.90. The van der Waals surface area contributed by atoms with Crippen molar-refractivity contribution in [3.63, 3.8) is 0 Å². The Morgan fingerprint density at radius 3 is 2.94 bits per heavy atom. The molecule has 0 saturated carbocycles. The predicted octanol–water partition coefficient (Wildman–Crippen LogP) is 2.69. The summed E-state index contributed by atoms with van der Waals surface area (Å²) >= 11 is 0. The molecule has 0 aliphatic rings. The molecule has 4 heteroatoms. The number of rotatable bonds is 6. The summed E-state index contributed by atoms with van der Waals surface area (Å²) in [6, 6.07) is 8.15. The van der Waals surface area contributed by atoms with Gasteiger partial charge in [-0.1, -0.05) is 6.07 Å². The van der Waals surface area contributed by atoms with Gasteiger partial charge in [0.1, 0.15) is 0 Å². The Labute approximate surface area is 107 Å². The van der Waals surface area contributed by atoms with Gasteiger partial charge in [0.15, 0.2) is 0 Å². The Hall–Kier alpha value is -1.81. The summed E-state index contributed by atoms with van der Waals surface area (Å²) in [7, 11) is 1.69. The number of aromatic nitrogens is 1. The van der Waals surface area contributed by atoms with Crippen LogP contribution in [0.15, 0.2) is 30.5 Å². The summed E-state index contributed by atoms with van der Waals surface area (Å²) in [6.07, 6.45) is 1.77. The second kappa shape index (κ2) is 6.21. The lowest BCUT2D eigenvalue weighted by atomic mass is 10.1. The van der Waals surface area contributed by atoms with Crippen molar-refractivity contribution in [1.82, 2.24) is 4.98 Å². The summed E-state index contributed by atoms with van der Waals surface area (Å²) in [4.78, 5) is 4.26. The molecule has 0 bridgehead atoms. The first-order chi connectivity index (χ1) is 8.85. The van der Waals surface area contributed by atoms with Crippen LogP contribution in [0.1, 0.15) is 6.92 Å². The molecule has 0 atom stereocenters. The van der Waals surface area contributed by atoms with Crippen molar-refractivity contribution in [3.05, 3.63) is 30.5 Å². The van der Waals surface area contributed by atoms with Gasteiger partial charge in [-0.25, -0.2) is 4.98 Å². The van der Waals surface area contributed by atoms with E-state index in [1.807, 2.05) is 19.1 Å². The molecule has 0 fully saturated rings. The van der Waals surface area contributed by atoms with E-state index in [4.69, 9.17) is 9.47 Å². The van der Waals surface area contributed by atoms with Crippen molar-refractivity contribution >= 4 is 16.5 Å². The Bertz CT molecular complexity index is 514. The van der Waals surface area contributed by atoms with Gasteiger partial charge in [0.05, 0.1) is 13.2 Å². The molecule has 0 aliphatic heterocycles. The Balaban J connectivity index is 2.27. The SMILES string of the molecule is CCOc1nccc2ccc(NCCOC)cc12. The van der Waals surface area contributed by atoms with Crippen molar-refractivity contribution in [2.45, 2.75) is 6.92 Å². The lowest BCUT2D eigenvalue weighted by Crippen LogP contribution is -2.07. The van der Waals surface area contributed by atoms with E-state index in [-0.39, 0.29) is 0 Å². The number of ether oxygens (including phenoxy) is 2. The largest absolute Gasteiger partial charge is 0.478 e. The van der Waals surface area contributed by atoms with E-state index in [0.717, 1.165) is 23.0 Å². The molecule has 0 unspecified atom stereocenters. The van der Waals surface area contributed by atoms with E-state index >= 15 is 0 Å². The zero-order valence-electron chi connectivity index (χ0n) is 10.8. The zero-order chi connectivity index (χ0) is 12.8. The minimum atomic E-state index is 0.618. The molecule has 18 heavy (non-hydrogen) atoms. The van der Waals surface area contributed by atoms with Gasteiger partial charge in [0.2, 0.25) is 5.88 Å². The highest BCUT2D eigenvalue weighted by Gasteiger charge is 2.04. The lowest BCUT2D eigenvalue weighted by Gasteiger charge is -2.09. The van der Waals surface area contributed by atoms with Crippen molar-refractivity contribution < 1.29 is 9.47 Å². The van der Waals surface area contributed by atoms with E-state index in [1.54, 1.807) is 13.3 Å². The maximum Gasteiger partial charge on any atom is 0.221 e. The fourth-order valence-electron chi connectivity index (χ4n) is 1.80. The molecule has 1 heterocycles. The molecule has 2 aromatic rings. The van der Waals surface area contributed by atoms with Gasteiger partial charge in [-0.2, -0.15) is 0 Å². The number of benzene rings is 1. The summed E-state index contributed by atoms with van der Waals surface area (Å²) < 4.78 is 10.5. The van der Waals surface area contributed by atoms with Crippen molar-refractivity contribution in [2.24, 2.45) is 0 Å². The van der Waals surface area contributed by atoms with Crippen LogP contribution in [0, 0.1) is 0 Å². The molecular formula is C14H18N2O2. The van der Waals surface area contributed by atoms with Gasteiger partial charge in [0, 0.05) is 30.9 Å². The van der Waals surface area contributed by atoms with E-state index in [1.165, 1.54) is 0 Å². The van der Waals surface area contributed by atoms with Crippen LogP contribution in [0.4, 0.5) is 5.69 Å². The Morgan fingerprint density at radius 2 is 2.17 bits per heavy atom. The van der Waals surface area contributed by atoms with E-state index in [9.17, 15) is 0 Å². The molecule has 0 saturated heterocycles. The molecular weight excluding hydrogens is 228 g/mol. The fourth-order valence-corrected chi connectivity index (χ4v) is 1.80. The molecule has 0 aliphatic carbocycles. The monoisotopic (exact) mass is 246 g/mol. The zero-order valence-corrected chi connectivity index (χ0v) is 10.8. The number of hydrogen-bond acceptors (Lipinski definition) is 4. The first kappa shape index (κ1) is 12.6. The molecule has 1 N–H and O–H groups in total. The molecule has 1 aromatic carbocycles. The van der Waals surface area contributed by atoms with E-state index in [0.29, 0.717) is 19.1 Å². The van der Waals surface area contributed by atoms with Crippen molar-refractivity contribution in [2.75, 3.05) is 32.2 Å². The van der Waals surface area contributed by atoms with Crippen LogP contribution < -0.4 is 10.1 Å². The number of hydrogen-bond donors (Lipinski definition) is 1. The molecule has 96 valence electrons. The minimum absolute atomic E-state index is 0.618. The van der Waals surface area contributed by atoms with Crippen LogP contribution in [-0.4, -0.2) is 31.9 Å². The van der Waals surface area contributed by atoms with Crippen LogP contribution in [0.3, 0.4) is 0 Å². The highest BCUT2D eigenvalue weighted by Crippen LogP contribution is 2.26. The molecule has 0 radical (unpaired) electrons. The van der Waals surface area contributed by atoms with Crippen LogP contribution in [0.5, 0.6) is 5.88 Å². The maximum absolute atomic E-state index is 5.54. The molecule has 2 rings (SSSR count). The summed E-state index contributed by atoms with van der Waals surface area (Å²) in [5.41, 5.74) is 1.05. The molecule has 4 nitrogen and oxygen atoms in total. The molecule has 1 aromatic heterocycles. The summed E-state index contributed by atoms with van der Waals surface area (Å²) in [5.74, 6) is 0.686. The number of anilines is 1. The van der Waals surface area contributed by atoms with Gasteiger partial charge < -0.3 is 14.8 Å². The first-order valence-electron chi connectivity index (χ1n) is 6.09. The number of nitrogens with zero attached hydrogens (tertiary/aromatic N) is 1. The highest BCUT2D eigenvalue weighted by atomic mass is 16.5. The number of pyridine rings is 1. The third kappa shape index (κ3) is 2.90. The van der Waals surface area contributed by atoms with Gasteiger partial charge >= 0.3 is 0 Å². The van der Waals surface area contributed by atoms with Crippen LogP contribution in [0.25, 0.3) is 10.8 Å². The predicted molar refractivity (Wildman–Crippen MR) is 73.3 cm³/mol. The van der Waals surface area contributed by atoms with Crippen molar-refractivity contribution in [3.8, 4) is 5.88 Å². The highest BCUT2D eigenvalue weighted by molar-refractivity contribution is 5.89. The topological polar surface area (TPSA) is 43.4 Å². The minimum Gasteiger partial charge on any atom is -0.478 e. The fraction of sp³-hybridized carbons (Fsp3) is 0.357. The maximum atomic E-state index is 5.54. The molecule has 0 amide bonds. The summed E-state index contributed by atoms with van der Waals surface area (Å²) in [6.45, 7) is 4.05. The average Bonchev–Trinajstić information content (AvgIpc) is 2.40. The smallest absolute Gasteiger partial charge is 0.221 e. The van der Waals surface area contributed by atoms with Crippen LogP contribution in [-0.2, 0) is 4.74 Å².